The van der Waals surface area contributed by atoms with Gasteiger partial charge in [-0.05, 0) is 0 Å². The third-order valence-corrected chi connectivity index (χ3v) is 0.354. The molecule has 2 heteroatoms. The zero-order valence-corrected chi connectivity index (χ0v) is 7.22. The average molecular weight is 134 g/mol. The van der Waals surface area contributed by atoms with Crippen LogP contribution in [-0.4, -0.2) is 13.0 Å². The highest BCUT2D eigenvalue weighted by molar-refractivity contribution is 7.15. The van der Waals surface area contributed by atoms with E-state index >= 15 is 0 Å². The number of carbonyl (C=O) groups excluding carboxylic acids is 1. The molecule has 0 rings (SSSR count). The van der Waals surface area contributed by atoms with Crippen LogP contribution in [0.3, 0.4) is 0 Å². The molecule has 1 unspecified atom stereocenters. The summed E-state index contributed by atoms with van der Waals surface area (Å²) in [7, 11) is 2.42. The maximum Gasteiger partial charge on any atom is 0.125 e. The molecule has 0 aliphatic rings. The number of carbonyl (C=O) groups is 1. The van der Waals surface area contributed by atoms with Gasteiger partial charge in [-0.25, -0.2) is 0 Å². The van der Waals surface area contributed by atoms with Crippen LogP contribution in [0.25, 0.3) is 0 Å². The molecule has 1 nitrogen and oxygen atoms in total. The van der Waals surface area contributed by atoms with Crippen molar-refractivity contribution in [2.45, 2.75) is 20.8 Å². The summed E-state index contributed by atoms with van der Waals surface area (Å²) >= 11 is 0. The van der Waals surface area contributed by atoms with Gasteiger partial charge in [-0.1, -0.05) is 27.4 Å². The fraction of sp³-hybridized carbons (Fsp3) is 0.833. The second-order valence-electron chi connectivity index (χ2n) is 2.48. The molecule has 0 heterocycles. The molecule has 0 saturated carbocycles. The van der Waals surface area contributed by atoms with Crippen molar-refractivity contribution in [3.63, 3.8) is 0 Å². The van der Waals surface area contributed by atoms with Crippen molar-refractivity contribution in [1.82, 2.24) is 0 Å². The van der Waals surface area contributed by atoms with Crippen LogP contribution in [0.4, 0.5) is 0 Å². The lowest BCUT2D eigenvalue weighted by Crippen LogP contribution is -2.04. The Morgan fingerprint density at radius 3 is 1.38 bits per heavy atom. The molecule has 0 aromatic heterocycles. The number of hydrogen-bond donors (Lipinski definition) is 0. The molecule has 0 N–H and O–H groups in total. The second kappa shape index (κ2) is 5.24. The van der Waals surface area contributed by atoms with Gasteiger partial charge in [0.05, 0.1) is 0 Å². The first-order valence-corrected chi connectivity index (χ1v) is 3.76. The van der Waals surface area contributed by atoms with Gasteiger partial charge in [0.15, 0.2) is 0 Å². The maximum atomic E-state index is 9.83. The number of aldehydes is 1. The molecule has 0 fully saturated rings. The van der Waals surface area contributed by atoms with Crippen LogP contribution in [0, 0.1) is 5.41 Å². The van der Waals surface area contributed by atoms with Gasteiger partial charge in [-0.2, -0.15) is 0 Å². The Morgan fingerprint density at radius 2 is 1.38 bits per heavy atom. The second-order valence-corrected chi connectivity index (χ2v) is 2.48. The third-order valence-electron chi connectivity index (χ3n) is 0.354. The lowest BCUT2D eigenvalue weighted by atomic mass is 10.0. The number of hydrogen-bond acceptors (Lipinski definition) is 1. The third kappa shape index (κ3) is 16.5. The Bertz CT molecular complexity index is 54.0. The molecule has 0 aromatic carbocycles. The summed E-state index contributed by atoms with van der Waals surface area (Å²) in [5.41, 5.74) is -0.139. The standard InChI is InChI=1S/C5H10O.CH5P/c1-5(2,3)4-6;1-2/h4H,1-3H3;2H2,1H3. The largest absolute Gasteiger partial charge is 0.303 e. The fourth-order valence-electron chi connectivity index (χ4n) is 0. The van der Waals surface area contributed by atoms with E-state index in [-0.39, 0.29) is 5.41 Å². The first kappa shape index (κ1) is 11.0. The van der Waals surface area contributed by atoms with Crippen LogP contribution in [0.1, 0.15) is 20.8 Å². The van der Waals surface area contributed by atoms with Crippen LogP contribution in [0.5, 0.6) is 0 Å². The van der Waals surface area contributed by atoms with Gasteiger partial charge in [0.1, 0.15) is 6.29 Å². The van der Waals surface area contributed by atoms with Gasteiger partial charge >= 0.3 is 0 Å². The summed E-state index contributed by atoms with van der Waals surface area (Å²) in [6.07, 6.45) is 0.938. The Balaban J connectivity index is 0. The van der Waals surface area contributed by atoms with Gasteiger partial charge in [-0.3, -0.25) is 0 Å². The van der Waals surface area contributed by atoms with Crippen molar-refractivity contribution in [2.24, 2.45) is 5.41 Å². The topological polar surface area (TPSA) is 17.1 Å². The summed E-state index contributed by atoms with van der Waals surface area (Å²) in [6, 6.07) is 0. The predicted molar refractivity (Wildman–Crippen MR) is 41.2 cm³/mol. The summed E-state index contributed by atoms with van der Waals surface area (Å²) < 4.78 is 0. The molecular weight excluding hydrogens is 119 g/mol. The summed E-state index contributed by atoms with van der Waals surface area (Å²) in [5.74, 6) is 0. The molecular formula is C6H15OP. The van der Waals surface area contributed by atoms with Gasteiger partial charge in [0.25, 0.3) is 0 Å². The Hall–Kier alpha value is 0.100. The van der Waals surface area contributed by atoms with Crippen LogP contribution in [0.15, 0.2) is 0 Å². The molecule has 0 amide bonds. The van der Waals surface area contributed by atoms with E-state index in [1.807, 2.05) is 27.4 Å². The molecule has 0 saturated heterocycles. The molecule has 50 valence electrons. The molecule has 0 aromatic rings. The Kier molecular flexibility index (Phi) is 7.19. The zero-order valence-electron chi connectivity index (χ0n) is 6.06. The summed E-state index contributed by atoms with van der Waals surface area (Å²) in [5, 5.41) is 0. The highest BCUT2D eigenvalue weighted by Gasteiger charge is 2.04. The summed E-state index contributed by atoms with van der Waals surface area (Å²) in [6.45, 7) is 7.54. The van der Waals surface area contributed by atoms with Crippen LogP contribution >= 0.6 is 9.24 Å². The average Bonchev–Trinajstić information content (AvgIpc) is 1.71. The summed E-state index contributed by atoms with van der Waals surface area (Å²) in [4.78, 5) is 9.83. The highest BCUT2D eigenvalue weighted by atomic mass is 31.0. The SMILES string of the molecule is CC(C)(C)C=O.CP. The van der Waals surface area contributed by atoms with Crippen molar-refractivity contribution >= 4 is 15.5 Å². The van der Waals surface area contributed by atoms with E-state index < -0.39 is 0 Å². The highest BCUT2D eigenvalue weighted by Crippen LogP contribution is 2.05. The van der Waals surface area contributed by atoms with Crippen molar-refractivity contribution in [2.75, 3.05) is 6.66 Å². The smallest absolute Gasteiger partial charge is 0.125 e. The van der Waals surface area contributed by atoms with Crippen molar-refractivity contribution in [1.29, 1.82) is 0 Å². The zero-order chi connectivity index (χ0) is 7.21. The predicted octanol–water partition coefficient (Wildman–Crippen LogP) is 1.72. The van der Waals surface area contributed by atoms with E-state index in [9.17, 15) is 4.79 Å². The van der Waals surface area contributed by atoms with Crippen molar-refractivity contribution in [3.05, 3.63) is 0 Å². The van der Waals surface area contributed by atoms with Crippen molar-refractivity contribution in [3.8, 4) is 0 Å². The van der Waals surface area contributed by atoms with E-state index in [1.54, 1.807) is 0 Å². The Morgan fingerprint density at radius 1 is 1.25 bits per heavy atom. The van der Waals surface area contributed by atoms with E-state index in [0.717, 1.165) is 6.29 Å². The molecule has 0 radical (unpaired) electrons. The first-order chi connectivity index (χ1) is 3.56. The molecule has 8 heavy (non-hydrogen) atoms. The lowest BCUT2D eigenvalue weighted by Gasteiger charge is -2.03. The Labute approximate surface area is 54.1 Å². The van der Waals surface area contributed by atoms with Gasteiger partial charge in [0, 0.05) is 5.41 Å². The lowest BCUT2D eigenvalue weighted by molar-refractivity contribution is -0.113. The van der Waals surface area contributed by atoms with Crippen LogP contribution in [-0.2, 0) is 4.79 Å². The van der Waals surface area contributed by atoms with Crippen molar-refractivity contribution < 1.29 is 4.79 Å². The maximum absolute atomic E-state index is 9.83. The minimum absolute atomic E-state index is 0.139. The van der Waals surface area contributed by atoms with E-state index in [1.165, 1.54) is 0 Å². The molecule has 0 bridgehead atoms. The van der Waals surface area contributed by atoms with Crippen LogP contribution < -0.4 is 0 Å². The first-order valence-electron chi connectivity index (χ1n) is 2.60. The fourth-order valence-corrected chi connectivity index (χ4v) is 0. The molecule has 0 spiro atoms. The number of rotatable bonds is 0. The monoisotopic (exact) mass is 134 g/mol. The molecule has 1 atom stereocenters. The van der Waals surface area contributed by atoms with E-state index in [2.05, 4.69) is 9.24 Å². The van der Waals surface area contributed by atoms with Gasteiger partial charge in [-0.15, -0.1) is 9.24 Å². The van der Waals surface area contributed by atoms with Crippen LogP contribution in [0.2, 0.25) is 0 Å². The van der Waals surface area contributed by atoms with Gasteiger partial charge in [0.2, 0.25) is 0 Å². The van der Waals surface area contributed by atoms with E-state index in [4.69, 9.17) is 0 Å². The molecule has 0 aliphatic carbocycles. The quantitative estimate of drug-likeness (QED) is 0.364. The van der Waals surface area contributed by atoms with E-state index in [0.29, 0.717) is 0 Å². The minimum atomic E-state index is -0.139. The minimum Gasteiger partial charge on any atom is -0.303 e. The molecule has 0 aliphatic heterocycles. The normalized spacial score (nSPS) is 9.12. The van der Waals surface area contributed by atoms with Gasteiger partial charge < -0.3 is 4.79 Å².